The monoisotopic (exact) mass is 355 g/mol. The molecule has 0 radical (unpaired) electrons. The number of hydrogen-bond donors (Lipinski definition) is 1. The van der Waals surface area contributed by atoms with Crippen molar-refractivity contribution in [2.45, 2.75) is 54.1 Å². The number of nitrogens with zero attached hydrogens (tertiary/aromatic N) is 2. The zero-order chi connectivity index (χ0) is 19.4. The zero-order valence-corrected chi connectivity index (χ0v) is 16.1. The molecule has 138 valence electrons. The van der Waals surface area contributed by atoms with Crippen molar-refractivity contribution in [3.63, 3.8) is 0 Å². The number of ether oxygens (including phenoxy) is 1. The number of esters is 1. The molecule has 2 rings (SSSR count). The molecule has 6 heteroatoms. The van der Waals surface area contributed by atoms with E-state index in [0.717, 1.165) is 11.1 Å². The smallest absolute Gasteiger partial charge is 0.359 e. The summed E-state index contributed by atoms with van der Waals surface area (Å²) in [5.41, 5.74) is 3.72. The molecule has 1 aromatic carbocycles. The number of amides is 1. The van der Waals surface area contributed by atoms with Crippen LogP contribution in [-0.2, 0) is 4.74 Å². The summed E-state index contributed by atoms with van der Waals surface area (Å²) in [6.45, 7) is 11.1. The van der Waals surface area contributed by atoms with Crippen molar-refractivity contribution in [3.8, 4) is 0 Å². The van der Waals surface area contributed by atoms with E-state index in [1.807, 2.05) is 39.0 Å². The lowest BCUT2D eigenvalue weighted by molar-refractivity contribution is 0.0324. The van der Waals surface area contributed by atoms with Crippen LogP contribution in [0.1, 0.15) is 63.8 Å². The third-order valence-electron chi connectivity index (χ3n) is 4.24. The number of carbonyl (C=O) groups excluding carboxylic acids is 2. The summed E-state index contributed by atoms with van der Waals surface area (Å²) in [5.74, 6) is -1.12. The molecule has 0 spiro atoms. The molecule has 1 amide bonds. The quantitative estimate of drug-likeness (QED) is 0.822. The molecule has 0 saturated heterocycles. The molecule has 1 heterocycles. The van der Waals surface area contributed by atoms with Gasteiger partial charge < -0.3 is 10.1 Å². The molecule has 0 bridgehead atoms. The molecule has 1 atom stereocenters. The van der Waals surface area contributed by atoms with E-state index in [1.165, 1.54) is 0 Å². The van der Waals surface area contributed by atoms with E-state index < -0.39 is 11.9 Å². The van der Waals surface area contributed by atoms with Crippen molar-refractivity contribution < 1.29 is 14.3 Å². The highest BCUT2D eigenvalue weighted by molar-refractivity contribution is 6.09. The lowest BCUT2D eigenvalue weighted by Gasteiger charge is -2.14. The summed E-state index contributed by atoms with van der Waals surface area (Å²) in [4.78, 5) is 33.8. The topological polar surface area (TPSA) is 81.2 Å². The fourth-order valence-electron chi connectivity index (χ4n) is 2.28. The number of carbonyl (C=O) groups is 2. The molecule has 2 aromatic rings. The SMILES string of the molecule is CC[C@H](C)OC(=O)c1nc(C)c(C)nc1C(=O)Nc1cc(C)ccc1C. The van der Waals surface area contributed by atoms with Gasteiger partial charge in [0.05, 0.1) is 17.5 Å². The molecule has 0 saturated carbocycles. The summed E-state index contributed by atoms with van der Waals surface area (Å²) in [6.07, 6.45) is 0.412. The van der Waals surface area contributed by atoms with Crippen molar-refractivity contribution in [2.75, 3.05) is 5.32 Å². The number of hydrogen-bond acceptors (Lipinski definition) is 5. The van der Waals surface area contributed by atoms with E-state index in [-0.39, 0.29) is 17.5 Å². The van der Waals surface area contributed by atoms with Gasteiger partial charge in [-0.3, -0.25) is 4.79 Å². The summed E-state index contributed by atoms with van der Waals surface area (Å²) in [6, 6.07) is 5.77. The van der Waals surface area contributed by atoms with Gasteiger partial charge in [-0.1, -0.05) is 19.1 Å². The molecule has 6 nitrogen and oxygen atoms in total. The van der Waals surface area contributed by atoms with Crippen LogP contribution in [0.15, 0.2) is 18.2 Å². The Morgan fingerprint density at radius 3 is 2.31 bits per heavy atom. The molecule has 0 unspecified atom stereocenters. The van der Waals surface area contributed by atoms with E-state index in [0.29, 0.717) is 23.5 Å². The normalized spacial score (nSPS) is 11.8. The van der Waals surface area contributed by atoms with Crippen molar-refractivity contribution in [1.82, 2.24) is 9.97 Å². The number of aromatic nitrogens is 2. The van der Waals surface area contributed by atoms with E-state index in [2.05, 4.69) is 15.3 Å². The maximum atomic E-state index is 12.8. The van der Waals surface area contributed by atoms with Gasteiger partial charge in [0.1, 0.15) is 0 Å². The number of anilines is 1. The van der Waals surface area contributed by atoms with E-state index in [4.69, 9.17) is 4.74 Å². The van der Waals surface area contributed by atoms with Crippen molar-refractivity contribution in [3.05, 3.63) is 52.1 Å². The summed E-state index contributed by atoms with van der Waals surface area (Å²) >= 11 is 0. The van der Waals surface area contributed by atoms with Gasteiger partial charge in [-0.05, 0) is 58.2 Å². The van der Waals surface area contributed by atoms with Gasteiger partial charge in [-0.25, -0.2) is 14.8 Å². The highest BCUT2D eigenvalue weighted by Gasteiger charge is 2.25. The second-order valence-electron chi connectivity index (χ2n) is 6.49. The van der Waals surface area contributed by atoms with Gasteiger partial charge in [-0.15, -0.1) is 0 Å². The first-order valence-electron chi connectivity index (χ1n) is 8.67. The Kier molecular flexibility index (Phi) is 6.08. The van der Waals surface area contributed by atoms with Gasteiger partial charge in [0, 0.05) is 5.69 Å². The largest absolute Gasteiger partial charge is 0.458 e. The van der Waals surface area contributed by atoms with Crippen molar-refractivity contribution in [1.29, 1.82) is 0 Å². The molecule has 0 fully saturated rings. The first-order chi connectivity index (χ1) is 12.2. The Bertz CT molecular complexity index is 846. The van der Waals surface area contributed by atoms with Gasteiger partial charge in [-0.2, -0.15) is 0 Å². The number of rotatable bonds is 5. The Morgan fingerprint density at radius 1 is 1.08 bits per heavy atom. The number of aryl methyl sites for hydroxylation is 4. The third kappa shape index (κ3) is 4.45. The Morgan fingerprint density at radius 2 is 1.69 bits per heavy atom. The van der Waals surface area contributed by atoms with E-state index in [9.17, 15) is 9.59 Å². The highest BCUT2D eigenvalue weighted by Crippen LogP contribution is 2.19. The fraction of sp³-hybridized carbons (Fsp3) is 0.400. The number of benzene rings is 1. The molecule has 1 aromatic heterocycles. The Hall–Kier alpha value is -2.76. The minimum atomic E-state index is -0.638. The number of nitrogens with one attached hydrogen (secondary N) is 1. The lowest BCUT2D eigenvalue weighted by atomic mass is 10.1. The van der Waals surface area contributed by atoms with Gasteiger partial charge in [0.2, 0.25) is 0 Å². The standard InChI is InChI=1S/C20H25N3O3/c1-7-13(4)26-20(25)18-17(21-14(5)15(6)22-18)19(24)23-16-10-11(2)8-9-12(16)3/h8-10,13H,7H2,1-6H3,(H,23,24)/t13-/m0/s1. The zero-order valence-electron chi connectivity index (χ0n) is 16.1. The van der Waals surface area contributed by atoms with Gasteiger partial charge >= 0.3 is 5.97 Å². The van der Waals surface area contributed by atoms with Gasteiger partial charge in [0.25, 0.3) is 5.91 Å². The van der Waals surface area contributed by atoms with E-state index in [1.54, 1.807) is 20.8 Å². The van der Waals surface area contributed by atoms with Crippen LogP contribution < -0.4 is 5.32 Å². The molecule has 26 heavy (non-hydrogen) atoms. The Labute approximate surface area is 154 Å². The first kappa shape index (κ1) is 19.6. The van der Waals surface area contributed by atoms with Crippen LogP contribution in [0.25, 0.3) is 0 Å². The van der Waals surface area contributed by atoms with Crippen molar-refractivity contribution in [2.24, 2.45) is 0 Å². The maximum Gasteiger partial charge on any atom is 0.359 e. The first-order valence-corrected chi connectivity index (χ1v) is 8.67. The van der Waals surface area contributed by atoms with Crippen LogP contribution in [0, 0.1) is 27.7 Å². The molecule has 0 aliphatic rings. The summed E-state index contributed by atoms with van der Waals surface area (Å²) in [7, 11) is 0. The molecular formula is C20H25N3O3. The van der Waals surface area contributed by atoms with Crippen molar-refractivity contribution >= 4 is 17.6 Å². The minimum absolute atomic E-state index is 0.0256. The molecular weight excluding hydrogens is 330 g/mol. The lowest BCUT2D eigenvalue weighted by Crippen LogP contribution is -2.24. The van der Waals surface area contributed by atoms with Crippen LogP contribution in [0.4, 0.5) is 5.69 Å². The van der Waals surface area contributed by atoms with Gasteiger partial charge in [0.15, 0.2) is 11.4 Å². The molecule has 0 aliphatic carbocycles. The maximum absolute atomic E-state index is 12.8. The molecule has 0 aliphatic heterocycles. The average Bonchev–Trinajstić information content (AvgIpc) is 2.59. The average molecular weight is 355 g/mol. The van der Waals surface area contributed by atoms with Crippen LogP contribution in [0.5, 0.6) is 0 Å². The molecule has 1 N–H and O–H groups in total. The second-order valence-corrected chi connectivity index (χ2v) is 6.49. The summed E-state index contributed by atoms with van der Waals surface area (Å²) < 4.78 is 5.34. The second kappa shape index (κ2) is 8.08. The van der Waals surface area contributed by atoms with Crippen LogP contribution in [0.2, 0.25) is 0 Å². The predicted molar refractivity (Wildman–Crippen MR) is 101 cm³/mol. The highest BCUT2D eigenvalue weighted by atomic mass is 16.5. The van der Waals surface area contributed by atoms with Crippen LogP contribution in [0.3, 0.4) is 0 Å². The summed E-state index contributed by atoms with van der Waals surface area (Å²) in [5, 5.41) is 2.83. The van der Waals surface area contributed by atoms with Crippen LogP contribution in [-0.4, -0.2) is 27.9 Å². The minimum Gasteiger partial charge on any atom is -0.458 e. The predicted octanol–water partition coefficient (Wildman–Crippen LogP) is 3.92. The third-order valence-corrected chi connectivity index (χ3v) is 4.24. The van der Waals surface area contributed by atoms with E-state index >= 15 is 0 Å². The van der Waals surface area contributed by atoms with Crippen LogP contribution >= 0.6 is 0 Å². The fourth-order valence-corrected chi connectivity index (χ4v) is 2.28. The Balaban J connectivity index is 2.40.